The van der Waals surface area contributed by atoms with Crippen LogP contribution in [0.3, 0.4) is 0 Å². The summed E-state index contributed by atoms with van der Waals surface area (Å²) in [5, 5.41) is 3.14. The number of nitrogens with two attached hydrogens (primary N) is 1. The van der Waals surface area contributed by atoms with E-state index in [0.29, 0.717) is 0 Å². The van der Waals surface area contributed by atoms with E-state index in [-0.39, 0.29) is 34.0 Å². The normalized spacial score (nSPS) is 11.8. The highest BCUT2D eigenvalue weighted by molar-refractivity contribution is 6.33. The highest BCUT2D eigenvalue weighted by Gasteiger charge is 2.21. The Balaban J connectivity index is 2.03. The van der Waals surface area contributed by atoms with Crippen molar-refractivity contribution in [3.63, 3.8) is 0 Å². The van der Waals surface area contributed by atoms with E-state index in [1.54, 1.807) is 0 Å². The van der Waals surface area contributed by atoms with Crippen LogP contribution < -0.4 is 15.8 Å². The molecule has 0 aliphatic rings. The van der Waals surface area contributed by atoms with E-state index in [9.17, 15) is 9.59 Å². The first-order valence-electron chi connectivity index (χ1n) is 9.45. The number of benzene rings is 2. The van der Waals surface area contributed by atoms with Gasteiger partial charge in [-0.05, 0) is 29.5 Å². The quantitative estimate of drug-likeness (QED) is 0.496. The molecule has 0 aliphatic carbocycles. The number of amides is 1. The maximum absolute atomic E-state index is 12.4. The van der Waals surface area contributed by atoms with Crippen LogP contribution in [0.1, 0.15) is 48.3 Å². The summed E-state index contributed by atoms with van der Waals surface area (Å²) in [6, 6.07) is 10.7. The second kappa shape index (κ2) is 10.2. The van der Waals surface area contributed by atoms with Crippen LogP contribution >= 0.6 is 11.6 Å². The molecule has 0 unspecified atom stereocenters. The highest BCUT2D eigenvalue weighted by Crippen LogP contribution is 2.29. The molecule has 1 amide bonds. The second-order valence-electron chi connectivity index (χ2n) is 7.03. The Labute approximate surface area is 176 Å². The van der Waals surface area contributed by atoms with Crippen LogP contribution in [-0.4, -0.2) is 25.6 Å². The van der Waals surface area contributed by atoms with E-state index >= 15 is 0 Å². The fourth-order valence-corrected chi connectivity index (χ4v) is 3.08. The fourth-order valence-electron chi connectivity index (χ4n) is 2.92. The Morgan fingerprint density at radius 3 is 2.38 bits per heavy atom. The number of esters is 1. The van der Waals surface area contributed by atoms with Gasteiger partial charge in [-0.15, -0.1) is 0 Å². The molecule has 1 atom stereocenters. The summed E-state index contributed by atoms with van der Waals surface area (Å²) in [4.78, 5) is 24.8. The number of nitrogen functional groups attached to an aromatic ring is 1. The minimum absolute atomic E-state index is 0.107. The lowest BCUT2D eigenvalue weighted by Crippen LogP contribution is -2.35. The Kier molecular flexibility index (Phi) is 7.91. The largest absolute Gasteiger partial charge is 0.496 e. The summed E-state index contributed by atoms with van der Waals surface area (Å²) in [5.41, 5.74) is 8.34. The number of rotatable bonds is 8. The van der Waals surface area contributed by atoms with Crippen LogP contribution in [0.15, 0.2) is 36.4 Å². The van der Waals surface area contributed by atoms with Gasteiger partial charge in [0.05, 0.1) is 23.9 Å². The van der Waals surface area contributed by atoms with Crippen LogP contribution in [0.4, 0.5) is 5.69 Å². The molecule has 0 heterocycles. The second-order valence-corrected chi connectivity index (χ2v) is 7.44. The molecule has 2 rings (SSSR count). The molecular weight excluding hydrogens is 392 g/mol. The standard InChI is InChI=1S/C22H27ClN2O4/c1-5-14-6-8-15(9-7-14)21(13(2)3)25-20(26)12-29-22(27)16-10-17(23)18(24)11-19(16)28-4/h6-11,13,21H,5,12,24H2,1-4H3,(H,25,26)/t21-/m1/s1. The summed E-state index contributed by atoms with van der Waals surface area (Å²) in [7, 11) is 1.41. The number of methoxy groups -OCH3 is 1. The van der Waals surface area contributed by atoms with Gasteiger partial charge in [-0.1, -0.05) is 56.6 Å². The van der Waals surface area contributed by atoms with Crippen molar-refractivity contribution < 1.29 is 19.1 Å². The SMILES string of the molecule is CCc1ccc([C@H](NC(=O)COC(=O)c2cc(Cl)c(N)cc2OC)C(C)C)cc1. The number of aryl methyl sites for hydroxylation is 1. The number of anilines is 1. The zero-order chi connectivity index (χ0) is 21.6. The number of nitrogens with one attached hydrogen (secondary N) is 1. The van der Waals surface area contributed by atoms with Crippen LogP contribution in [-0.2, 0) is 16.0 Å². The van der Waals surface area contributed by atoms with Gasteiger partial charge >= 0.3 is 5.97 Å². The first kappa shape index (κ1) is 22.6. The molecule has 6 nitrogen and oxygen atoms in total. The van der Waals surface area contributed by atoms with E-state index in [0.717, 1.165) is 12.0 Å². The third-order valence-electron chi connectivity index (χ3n) is 4.60. The monoisotopic (exact) mass is 418 g/mol. The van der Waals surface area contributed by atoms with Crippen molar-refractivity contribution >= 4 is 29.2 Å². The third-order valence-corrected chi connectivity index (χ3v) is 4.93. The van der Waals surface area contributed by atoms with Gasteiger partial charge in [0.15, 0.2) is 6.61 Å². The van der Waals surface area contributed by atoms with Gasteiger partial charge in [-0.25, -0.2) is 4.79 Å². The predicted molar refractivity (Wildman–Crippen MR) is 114 cm³/mol. The molecule has 2 aromatic carbocycles. The molecule has 0 saturated carbocycles. The van der Waals surface area contributed by atoms with Crippen LogP contribution in [0, 0.1) is 5.92 Å². The van der Waals surface area contributed by atoms with Gasteiger partial charge < -0.3 is 20.5 Å². The van der Waals surface area contributed by atoms with Crippen LogP contribution in [0.5, 0.6) is 5.75 Å². The van der Waals surface area contributed by atoms with Crippen molar-refractivity contribution in [1.82, 2.24) is 5.32 Å². The van der Waals surface area contributed by atoms with E-state index < -0.39 is 18.5 Å². The Bertz CT molecular complexity index is 866. The van der Waals surface area contributed by atoms with Crippen molar-refractivity contribution in [1.29, 1.82) is 0 Å². The van der Waals surface area contributed by atoms with Crippen LogP contribution in [0.2, 0.25) is 5.02 Å². The predicted octanol–water partition coefficient (Wildman–Crippen LogP) is 4.16. The molecule has 2 aromatic rings. The smallest absolute Gasteiger partial charge is 0.342 e. The molecule has 0 saturated heterocycles. The van der Waals surface area contributed by atoms with Crippen molar-refractivity contribution in [3.05, 3.63) is 58.1 Å². The lowest BCUT2D eigenvalue weighted by molar-refractivity contribution is -0.125. The van der Waals surface area contributed by atoms with Crippen molar-refractivity contribution in [2.24, 2.45) is 5.92 Å². The van der Waals surface area contributed by atoms with E-state index in [1.165, 1.54) is 24.8 Å². The molecule has 7 heteroatoms. The lowest BCUT2D eigenvalue weighted by Gasteiger charge is -2.23. The average Bonchev–Trinajstić information content (AvgIpc) is 2.71. The number of hydrogen-bond acceptors (Lipinski definition) is 5. The Hall–Kier alpha value is -2.73. The number of carbonyl (C=O) groups is 2. The number of ether oxygens (including phenoxy) is 2. The van der Waals surface area contributed by atoms with Crippen molar-refractivity contribution in [2.45, 2.75) is 33.2 Å². The molecular formula is C22H27ClN2O4. The summed E-state index contributed by atoms with van der Waals surface area (Å²) in [6.45, 7) is 5.71. The zero-order valence-electron chi connectivity index (χ0n) is 17.1. The van der Waals surface area contributed by atoms with E-state index in [2.05, 4.69) is 12.2 Å². The highest BCUT2D eigenvalue weighted by atomic mass is 35.5. The summed E-state index contributed by atoms with van der Waals surface area (Å²) >= 11 is 5.97. The lowest BCUT2D eigenvalue weighted by atomic mass is 9.95. The maximum Gasteiger partial charge on any atom is 0.342 e. The van der Waals surface area contributed by atoms with Gasteiger partial charge in [0.25, 0.3) is 5.91 Å². The molecule has 0 aliphatic heterocycles. The van der Waals surface area contributed by atoms with Crippen molar-refractivity contribution in [3.8, 4) is 5.75 Å². The van der Waals surface area contributed by atoms with Gasteiger partial charge in [0, 0.05) is 6.07 Å². The number of halogens is 1. The van der Waals surface area contributed by atoms with E-state index in [4.69, 9.17) is 26.8 Å². The first-order chi connectivity index (χ1) is 13.8. The third kappa shape index (κ3) is 5.87. The molecule has 0 spiro atoms. The average molecular weight is 419 g/mol. The zero-order valence-corrected chi connectivity index (χ0v) is 17.9. The van der Waals surface area contributed by atoms with E-state index in [1.807, 2.05) is 38.1 Å². The molecule has 156 valence electrons. The van der Waals surface area contributed by atoms with Gasteiger partial charge in [0.2, 0.25) is 0 Å². The van der Waals surface area contributed by atoms with Gasteiger partial charge in [-0.3, -0.25) is 4.79 Å². The minimum Gasteiger partial charge on any atom is -0.496 e. The first-order valence-corrected chi connectivity index (χ1v) is 9.82. The Morgan fingerprint density at radius 1 is 1.17 bits per heavy atom. The maximum atomic E-state index is 12.4. The van der Waals surface area contributed by atoms with Gasteiger partial charge in [-0.2, -0.15) is 0 Å². The fraction of sp³-hybridized carbons (Fsp3) is 0.364. The van der Waals surface area contributed by atoms with Crippen molar-refractivity contribution in [2.75, 3.05) is 19.5 Å². The summed E-state index contributed by atoms with van der Waals surface area (Å²) in [6.07, 6.45) is 0.952. The molecule has 0 aromatic heterocycles. The molecule has 0 fully saturated rings. The molecule has 0 bridgehead atoms. The molecule has 29 heavy (non-hydrogen) atoms. The Morgan fingerprint density at radius 2 is 1.83 bits per heavy atom. The number of carbonyl (C=O) groups excluding carboxylic acids is 2. The van der Waals surface area contributed by atoms with Crippen LogP contribution in [0.25, 0.3) is 0 Å². The molecule has 0 radical (unpaired) electrons. The number of hydrogen-bond donors (Lipinski definition) is 2. The summed E-state index contributed by atoms with van der Waals surface area (Å²) in [5.74, 6) is -0.712. The summed E-state index contributed by atoms with van der Waals surface area (Å²) < 4.78 is 10.3. The molecule has 3 N–H and O–H groups in total. The minimum atomic E-state index is -0.715. The van der Waals surface area contributed by atoms with Gasteiger partial charge in [0.1, 0.15) is 11.3 Å². The topological polar surface area (TPSA) is 90.7 Å².